The van der Waals surface area contributed by atoms with Crippen molar-refractivity contribution in [3.63, 3.8) is 0 Å². The number of carbonyl (C=O) groups is 2. The number of rotatable bonds is 8. The van der Waals surface area contributed by atoms with Crippen LogP contribution in [-0.2, 0) is 23.8 Å². The highest BCUT2D eigenvalue weighted by atomic mass is 16.7. The zero-order valence-corrected chi connectivity index (χ0v) is 17.3. The molecule has 2 fully saturated rings. The number of ether oxygens (including phenoxy) is 3. The largest absolute Gasteiger partial charge is 0.477 e. The molecule has 1 unspecified atom stereocenters. The summed E-state index contributed by atoms with van der Waals surface area (Å²) < 4.78 is 15.2. The molecule has 2 aliphatic heterocycles. The smallest absolute Gasteiger partial charge is 0.367 e. The van der Waals surface area contributed by atoms with Gasteiger partial charge in [0.1, 0.15) is 54.9 Å². The summed E-state index contributed by atoms with van der Waals surface area (Å²) in [6.45, 7) is -1.00. The molecule has 1 amide bonds. The summed E-state index contributed by atoms with van der Waals surface area (Å²) in [4.78, 5) is 23.6. The van der Waals surface area contributed by atoms with E-state index >= 15 is 0 Å². The van der Waals surface area contributed by atoms with Crippen LogP contribution in [0.3, 0.4) is 0 Å². The van der Waals surface area contributed by atoms with Gasteiger partial charge in [-0.1, -0.05) is 0 Å². The maximum absolute atomic E-state index is 12.1. The highest BCUT2D eigenvalue weighted by Crippen LogP contribution is 2.35. The molecule has 0 saturated carbocycles. The Morgan fingerprint density at radius 1 is 1.03 bits per heavy atom. The van der Waals surface area contributed by atoms with Crippen LogP contribution in [0, 0.1) is 0 Å². The Kier molecular flexibility index (Phi) is 9.07. The Morgan fingerprint density at radius 2 is 1.64 bits per heavy atom. The fraction of sp³-hybridized carbons (Fsp3) is 0.882. The summed E-state index contributed by atoms with van der Waals surface area (Å²) >= 11 is 0. The van der Waals surface area contributed by atoms with Crippen molar-refractivity contribution < 1.29 is 74.9 Å². The molecule has 33 heavy (non-hydrogen) atoms. The second-order valence-corrected chi connectivity index (χ2v) is 7.81. The molecule has 0 aromatic carbocycles. The molecular formula is C17H29NO15. The number of amides is 1. The molecule has 0 spiro atoms. The van der Waals surface area contributed by atoms with Gasteiger partial charge in [0.2, 0.25) is 5.91 Å². The summed E-state index contributed by atoms with van der Waals surface area (Å²) in [5, 5.41) is 101. The zero-order chi connectivity index (χ0) is 25.2. The lowest BCUT2D eigenvalue weighted by Gasteiger charge is -2.49. The normalized spacial score (nSPS) is 43.5. The van der Waals surface area contributed by atoms with Gasteiger partial charge in [0, 0.05) is 6.92 Å². The van der Waals surface area contributed by atoms with Crippen molar-refractivity contribution >= 4 is 11.9 Å². The van der Waals surface area contributed by atoms with Crippen molar-refractivity contribution in [3.8, 4) is 0 Å². The Hall–Kier alpha value is -1.54. The molecule has 0 bridgehead atoms. The molecular weight excluding hydrogens is 458 g/mol. The highest BCUT2D eigenvalue weighted by Gasteiger charge is 2.62. The number of carbonyl (C=O) groups excluding carboxylic acids is 1. The molecule has 16 nitrogen and oxygen atoms in total. The van der Waals surface area contributed by atoms with Gasteiger partial charge in [-0.3, -0.25) is 4.79 Å². The minimum Gasteiger partial charge on any atom is -0.477 e. The Bertz CT molecular complexity index is 695. The summed E-state index contributed by atoms with van der Waals surface area (Å²) in [5.41, 5.74) is 0. The first-order valence-corrected chi connectivity index (χ1v) is 9.81. The van der Waals surface area contributed by atoms with Crippen LogP contribution in [0.5, 0.6) is 0 Å². The van der Waals surface area contributed by atoms with E-state index in [1.165, 1.54) is 0 Å². The molecule has 2 rings (SSSR count). The van der Waals surface area contributed by atoms with Gasteiger partial charge in [-0.05, 0) is 0 Å². The molecule has 192 valence electrons. The molecule has 16 heteroatoms. The van der Waals surface area contributed by atoms with E-state index in [0.29, 0.717) is 0 Å². The molecule has 12 atom stereocenters. The maximum Gasteiger partial charge on any atom is 0.367 e. The predicted octanol–water partition coefficient (Wildman–Crippen LogP) is -7.08. The van der Waals surface area contributed by atoms with Gasteiger partial charge in [0.05, 0.1) is 19.3 Å². The molecule has 0 aliphatic carbocycles. The fourth-order valence-electron chi connectivity index (χ4n) is 3.60. The van der Waals surface area contributed by atoms with Crippen LogP contribution < -0.4 is 5.32 Å². The van der Waals surface area contributed by atoms with Crippen molar-refractivity contribution in [2.75, 3.05) is 13.2 Å². The molecule has 0 radical (unpaired) electrons. The quantitative estimate of drug-likeness (QED) is 0.152. The van der Waals surface area contributed by atoms with Gasteiger partial charge in [-0.2, -0.15) is 0 Å². The number of hydrogen-bond donors (Lipinski definition) is 11. The van der Waals surface area contributed by atoms with Crippen LogP contribution in [-0.4, -0.2) is 149 Å². The summed E-state index contributed by atoms with van der Waals surface area (Å²) in [7, 11) is 0. The Morgan fingerprint density at radius 3 is 2.15 bits per heavy atom. The van der Waals surface area contributed by atoms with E-state index in [1.54, 1.807) is 0 Å². The van der Waals surface area contributed by atoms with E-state index in [0.717, 1.165) is 6.92 Å². The minimum absolute atomic E-state index is 0.783. The van der Waals surface area contributed by atoms with Gasteiger partial charge in [0.15, 0.2) is 6.29 Å². The third kappa shape index (κ3) is 5.42. The van der Waals surface area contributed by atoms with E-state index in [2.05, 4.69) is 5.32 Å². The van der Waals surface area contributed by atoms with Gasteiger partial charge >= 0.3 is 5.97 Å². The summed E-state index contributed by atoms with van der Waals surface area (Å²) in [5.74, 6) is -6.00. The van der Waals surface area contributed by atoms with Crippen LogP contribution in [0.4, 0.5) is 0 Å². The lowest BCUT2D eigenvalue weighted by molar-refractivity contribution is -0.360. The first-order valence-electron chi connectivity index (χ1n) is 9.81. The molecule has 2 aliphatic rings. The Labute approximate surface area is 186 Å². The van der Waals surface area contributed by atoms with Crippen molar-refractivity contribution in [1.29, 1.82) is 0 Å². The topological polar surface area (TPSA) is 276 Å². The van der Waals surface area contributed by atoms with Gasteiger partial charge in [0.25, 0.3) is 5.79 Å². The lowest BCUT2D eigenvalue weighted by atomic mass is 9.86. The maximum atomic E-state index is 12.1. The molecule has 0 aromatic heterocycles. The fourth-order valence-corrected chi connectivity index (χ4v) is 3.60. The van der Waals surface area contributed by atoms with E-state index in [-0.39, 0.29) is 0 Å². The van der Waals surface area contributed by atoms with E-state index < -0.39 is 98.1 Å². The third-order valence-corrected chi connectivity index (χ3v) is 5.48. The predicted molar refractivity (Wildman–Crippen MR) is 98.8 cm³/mol. The number of carboxylic acids is 1. The summed E-state index contributed by atoms with van der Waals surface area (Å²) in [6.07, 6.45) is -19.9. The number of aliphatic hydroxyl groups is 9. The van der Waals surface area contributed by atoms with Crippen LogP contribution in [0.1, 0.15) is 6.92 Å². The van der Waals surface area contributed by atoms with Crippen LogP contribution in [0.2, 0.25) is 0 Å². The third-order valence-electron chi connectivity index (χ3n) is 5.48. The average Bonchev–Trinajstić information content (AvgIpc) is 2.76. The number of aliphatic carboxylic acids is 1. The van der Waals surface area contributed by atoms with E-state index in [4.69, 9.17) is 19.3 Å². The van der Waals surface area contributed by atoms with Crippen LogP contribution >= 0.6 is 0 Å². The number of aliphatic hydroxyl groups excluding tert-OH is 9. The van der Waals surface area contributed by atoms with Gasteiger partial charge in [-0.25, -0.2) is 4.79 Å². The standard InChI is InChI=1S/C17H29NO15/c1-4(20)18-7-10(24)14(27)17(16(29)30,33-13(7)8(22)5(21)2-19)31-3-6-9(23)11(25)12(26)15(28)32-6/h5-15,19,21-28H,2-3H2,1H3,(H,18,20)(H,29,30)/t5-,6+,7+,8-,9+,10+,11-,12+,13-,14-,15-,17?/m0/s1. The SMILES string of the molecule is CC(=O)N[C@@H]1[C@@H](O)[C@H](O)C(OC[C@H]2O[C@H](O)[C@H](O)[C@@H](O)[C@@H]2O)(C(=O)O)O[C@@H]1[C@@H](O)[C@@H](O)CO. The second-order valence-electron chi connectivity index (χ2n) is 7.81. The lowest BCUT2D eigenvalue weighted by Crippen LogP contribution is -2.74. The van der Waals surface area contributed by atoms with E-state index in [1.807, 2.05) is 0 Å². The van der Waals surface area contributed by atoms with Crippen molar-refractivity contribution in [2.45, 2.75) is 80.0 Å². The van der Waals surface area contributed by atoms with Gasteiger partial charge < -0.3 is 70.6 Å². The number of nitrogens with one attached hydrogen (secondary N) is 1. The van der Waals surface area contributed by atoms with Crippen molar-refractivity contribution in [3.05, 3.63) is 0 Å². The average molecular weight is 487 g/mol. The molecule has 11 N–H and O–H groups in total. The van der Waals surface area contributed by atoms with Gasteiger partial charge in [-0.15, -0.1) is 0 Å². The Balaban J connectivity index is 2.35. The second kappa shape index (κ2) is 10.8. The zero-order valence-electron chi connectivity index (χ0n) is 17.3. The molecule has 2 saturated heterocycles. The molecule has 0 aromatic rings. The molecule has 2 heterocycles. The first kappa shape index (κ1) is 27.7. The number of hydrogen-bond acceptors (Lipinski definition) is 14. The summed E-state index contributed by atoms with van der Waals surface area (Å²) in [6, 6.07) is -1.67. The van der Waals surface area contributed by atoms with E-state index in [9.17, 15) is 55.5 Å². The minimum atomic E-state index is -3.18. The first-order chi connectivity index (χ1) is 15.3. The highest BCUT2D eigenvalue weighted by molar-refractivity contribution is 5.77. The van der Waals surface area contributed by atoms with Crippen LogP contribution in [0.25, 0.3) is 0 Å². The van der Waals surface area contributed by atoms with Crippen LogP contribution in [0.15, 0.2) is 0 Å². The monoisotopic (exact) mass is 487 g/mol. The number of carboxylic acid groups (broad SMARTS) is 1. The van der Waals surface area contributed by atoms with Crippen molar-refractivity contribution in [1.82, 2.24) is 5.32 Å². The van der Waals surface area contributed by atoms with Crippen molar-refractivity contribution in [2.24, 2.45) is 0 Å².